The van der Waals surface area contributed by atoms with E-state index in [2.05, 4.69) is 15.6 Å². The van der Waals surface area contributed by atoms with Gasteiger partial charge in [-0.05, 0) is 43.7 Å². The number of hydrogen-bond acceptors (Lipinski definition) is 2. The van der Waals surface area contributed by atoms with Crippen LogP contribution in [0.4, 0.5) is 0 Å². The Balaban J connectivity index is 1.47. The second-order valence-electron chi connectivity index (χ2n) is 5.19. The molecule has 2 N–H and O–H groups in total. The third-order valence-electron chi connectivity index (χ3n) is 3.35. The number of guanidine groups is 1. The van der Waals surface area contributed by atoms with Crippen LogP contribution in [-0.2, 0) is 0 Å². The second-order valence-corrected chi connectivity index (χ2v) is 5.19. The largest absolute Gasteiger partial charge is 0.494 e. The number of ether oxygens (including phenoxy) is 1. The van der Waals surface area contributed by atoms with Crippen molar-refractivity contribution in [3.8, 4) is 5.75 Å². The first kappa shape index (κ1) is 14.7. The van der Waals surface area contributed by atoms with Gasteiger partial charge < -0.3 is 15.4 Å². The average Bonchev–Trinajstić information content (AvgIpc) is 3.31. The van der Waals surface area contributed by atoms with Crippen molar-refractivity contribution in [2.45, 2.75) is 25.7 Å². The van der Waals surface area contributed by atoms with Gasteiger partial charge in [-0.25, -0.2) is 0 Å². The van der Waals surface area contributed by atoms with E-state index in [9.17, 15) is 0 Å². The van der Waals surface area contributed by atoms with Crippen LogP contribution in [0.1, 0.15) is 25.7 Å². The molecule has 0 saturated heterocycles. The highest BCUT2D eigenvalue weighted by molar-refractivity contribution is 5.79. The van der Waals surface area contributed by atoms with Crippen LogP contribution in [0.25, 0.3) is 0 Å². The summed E-state index contributed by atoms with van der Waals surface area (Å²) in [6, 6.07) is 9.96. The van der Waals surface area contributed by atoms with Gasteiger partial charge in [0, 0.05) is 20.1 Å². The van der Waals surface area contributed by atoms with Crippen LogP contribution < -0.4 is 15.4 Å². The molecule has 0 atom stereocenters. The zero-order valence-corrected chi connectivity index (χ0v) is 12.3. The Labute approximate surface area is 121 Å². The fourth-order valence-electron chi connectivity index (χ4n) is 1.92. The molecule has 1 fully saturated rings. The van der Waals surface area contributed by atoms with Crippen molar-refractivity contribution >= 4 is 5.96 Å². The van der Waals surface area contributed by atoms with Gasteiger partial charge in [0.2, 0.25) is 0 Å². The Morgan fingerprint density at radius 3 is 2.70 bits per heavy atom. The maximum Gasteiger partial charge on any atom is 0.190 e. The van der Waals surface area contributed by atoms with E-state index in [1.807, 2.05) is 37.4 Å². The summed E-state index contributed by atoms with van der Waals surface area (Å²) >= 11 is 0. The minimum atomic E-state index is 0.764. The summed E-state index contributed by atoms with van der Waals surface area (Å²) in [6.45, 7) is 2.75. The van der Waals surface area contributed by atoms with E-state index in [0.717, 1.165) is 50.2 Å². The Bertz CT molecular complexity index is 401. The van der Waals surface area contributed by atoms with Gasteiger partial charge in [-0.3, -0.25) is 4.99 Å². The van der Waals surface area contributed by atoms with Crippen molar-refractivity contribution in [1.29, 1.82) is 0 Å². The SMILES string of the molecule is CN=C(NCCCCOc1ccccc1)NCC1CC1. The first-order valence-corrected chi connectivity index (χ1v) is 7.51. The van der Waals surface area contributed by atoms with Crippen molar-refractivity contribution < 1.29 is 4.74 Å². The van der Waals surface area contributed by atoms with E-state index < -0.39 is 0 Å². The highest BCUT2D eigenvalue weighted by Gasteiger charge is 2.20. The first-order valence-electron chi connectivity index (χ1n) is 7.51. The van der Waals surface area contributed by atoms with Crippen LogP contribution in [0.15, 0.2) is 35.3 Å². The second kappa shape index (κ2) is 8.46. The molecule has 1 aliphatic carbocycles. The van der Waals surface area contributed by atoms with E-state index in [4.69, 9.17) is 4.74 Å². The standard InChI is InChI=1S/C16H25N3O/c1-17-16(19-13-14-9-10-14)18-11-5-6-12-20-15-7-3-2-4-8-15/h2-4,7-8,14H,5-6,9-13H2,1H3,(H2,17,18,19). The number of nitrogens with zero attached hydrogens (tertiary/aromatic N) is 1. The summed E-state index contributed by atoms with van der Waals surface area (Å²) < 4.78 is 5.65. The predicted molar refractivity (Wildman–Crippen MR) is 83.3 cm³/mol. The van der Waals surface area contributed by atoms with E-state index in [-0.39, 0.29) is 0 Å². The first-order chi connectivity index (χ1) is 9.88. The summed E-state index contributed by atoms with van der Waals surface area (Å²) in [5.41, 5.74) is 0. The molecule has 0 bridgehead atoms. The minimum Gasteiger partial charge on any atom is -0.494 e. The third-order valence-corrected chi connectivity index (χ3v) is 3.35. The molecule has 0 unspecified atom stereocenters. The fraction of sp³-hybridized carbons (Fsp3) is 0.562. The van der Waals surface area contributed by atoms with Crippen molar-refractivity contribution in [2.24, 2.45) is 10.9 Å². The lowest BCUT2D eigenvalue weighted by molar-refractivity contribution is 0.307. The number of aliphatic imine (C=N–C) groups is 1. The van der Waals surface area contributed by atoms with E-state index in [1.54, 1.807) is 0 Å². The molecular formula is C16H25N3O. The Morgan fingerprint density at radius 1 is 1.20 bits per heavy atom. The molecule has 0 aliphatic heterocycles. The summed E-state index contributed by atoms with van der Waals surface area (Å²) in [7, 11) is 1.82. The molecule has 20 heavy (non-hydrogen) atoms. The smallest absolute Gasteiger partial charge is 0.190 e. The molecular weight excluding hydrogens is 250 g/mol. The van der Waals surface area contributed by atoms with Crippen molar-refractivity contribution in [3.05, 3.63) is 30.3 Å². The number of benzene rings is 1. The highest BCUT2D eigenvalue weighted by Crippen LogP contribution is 2.27. The summed E-state index contributed by atoms with van der Waals surface area (Å²) in [4.78, 5) is 4.22. The topological polar surface area (TPSA) is 45.7 Å². The molecule has 1 aromatic rings. The Hall–Kier alpha value is -1.71. The predicted octanol–water partition coefficient (Wildman–Crippen LogP) is 2.42. The number of hydrogen-bond donors (Lipinski definition) is 2. The molecule has 0 spiro atoms. The minimum absolute atomic E-state index is 0.764. The number of rotatable bonds is 8. The van der Waals surface area contributed by atoms with Crippen LogP contribution in [0.3, 0.4) is 0 Å². The molecule has 1 saturated carbocycles. The number of nitrogens with one attached hydrogen (secondary N) is 2. The molecule has 0 heterocycles. The quantitative estimate of drug-likeness (QED) is 0.435. The molecule has 0 radical (unpaired) electrons. The highest BCUT2D eigenvalue weighted by atomic mass is 16.5. The Kier molecular flexibility index (Phi) is 6.21. The van der Waals surface area contributed by atoms with Gasteiger partial charge >= 0.3 is 0 Å². The van der Waals surface area contributed by atoms with Crippen LogP contribution in [0.5, 0.6) is 5.75 Å². The van der Waals surface area contributed by atoms with Gasteiger partial charge in [-0.1, -0.05) is 18.2 Å². The fourth-order valence-corrected chi connectivity index (χ4v) is 1.92. The molecule has 110 valence electrons. The normalized spacial score (nSPS) is 14.9. The maximum absolute atomic E-state index is 5.65. The molecule has 2 rings (SSSR count). The maximum atomic E-state index is 5.65. The Morgan fingerprint density at radius 2 is 2.00 bits per heavy atom. The van der Waals surface area contributed by atoms with E-state index in [0.29, 0.717) is 0 Å². The summed E-state index contributed by atoms with van der Waals surface area (Å²) in [6.07, 6.45) is 4.85. The lowest BCUT2D eigenvalue weighted by Crippen LogP contribution is -2.38. The van der Waals surface area contributed by atoms with Gasteiger partial charge in [0.25, 0.3) is 0 Å². The van der Waals surface area contributed by atoms with Crippen LogP contribution in [0.2, 0.25) is 0 Å². The van der Waals surface area contributed by atoms with E-state index >= 15 is 0 Å². The lowest BCUT2D eigenvalue weighted by atomic mass is 10.3. The van der Waals surface area contributed by atoms with Crippen molar-refractivity contribution in [2.75, 3.05) is 26.7 Å². The average molecular weight is 275 g/mol. The molecule has 4 nitrogen and oxygen atoms in total. The van der Waals surface area contributed by atoms with E-state index in [1.165, 1.54) is 12.8 Å². The van der Waals surface area contributed by atoms with Crippen molar-refractivity contribution in [1.82, 2.24) is 10.6 Å². The van der Waals surface area contributed by atoms with Gasteiger partial charge in [0.05, 0.1) is 6.61 Å². The van der Waals surface area contributed by atoms with Gasteiger partial charge in [0.15, 0.2) is 5.96 Å². The van der Waals surface area contributed by atoms with Crippen molar-refractivity contribution in [3.63, 3.8) is 0 Å². The molecule has 1 aliphatic rings. The molecule has 0 aromatic heterocycles. The zero-order valence-electron chi connectivity index (χ0n) is 12.3. The third kappa shape index (κ3) is 5.95. The molecule has 4 heteroatoms. The van der Waals surface area contributed by atoms with Gasteiger partial charge in [-0.2, -0.15) is 0 Å². The van der Waals surface area contributed by atoms with Gasteiger partial charge in [-0.15, -0.1) is 0 Å². The van der Waals surface area contributed by atoms with Crippen LogP contribution in [0, 0.1) is 5.92 Å². The molecule has 1 aromatic carbocycles. The summed E-state index contributed by atoms with van der Waals surface area (Å²) in [5.74, 6) is 2.73. The number of para-hydroxylation sites is 1. The summed E-state index contributed by atoms with van der Waals surface area (Å²) in [5, 5.41) is 6.69. The molecule has 0 amide bonds. The monoisotopic (exact) mass is 275 g/mol. The zero-order chi connectivity index (χ0) is 14.0. The van der Waals surface area contributed by atoms with Crippen LogP contribution >= 0.6 is 0 Å². The van der Waals surface area contributed by atoms with Gasteiger partial charge in [0.1, 0.15) is 5.75 Å². The van der Waals surface area contributed by atoms with Crippen LogP contribution in [-0.4, -0.2) is 32.7 Å². The number of unbranched alkanes of at least 4 members (excludes halogenated alkanes) is 1. The lowest BCUT2D eigenvalue weighted by Gasteiger charge is -2.11.